The Bertz CT molecular complexity index is 190. The number of nitrogens with zero attached hydrogens (tertiary/aromatic N) is 2. The molecule has 66 valence electrons. The molecular formula is C10H16N2. The number of piperidine rings is 1. The molecule has 0 saturated carbocycles. The van der Waals surface area contributed by atoms with Crippen molar-refractivity contribution in [2.75, 3.05) is 13.1 Å². The quantitative estimate of drug-likeness (QED) is 0.577. The van der Waals surface area contributed by atoms with Crippen LogP contribution in [0.5, 0.6) is 0 Å². The fourth-order valence-electron chi connectivity index (χ4n) is 1.93. The van der Waals surface area contributed by atoms with E-state index in [2.05, 4.69) is 16.0 Å². The van der Waals surface area contributed by atoms with Crippen LogP contribution in [0.15, 0.2) is 17.1 Å². The van der Waals surface area contributed by atoms with Gasteiger partial charge in [-0.05, 0) is 18.9 Å². The van der Waals surface area contributed by atoms with Gasteiger partial charge in [-0.25, -0.2) is 0 Å². The topological polar surface area (TPSA) is 15.6 Å². The standard InChI is InChI=1S/C10H16N2/c1-4-8-12(9-5-1)10-6-2-3-7-11-10/h2-3,7,10H,1,4-6,8-9H2. The maximum Gasteiger partial charge on any atom is 0.105 e. The lowest BCUT2D eigenvalue weighted by Crippen LogP contribution is -2.38. The molecule has 12 heavy (non-hydrogen) atoms. The normalized spacial score (nSPS) is 30.8. The summed E-state index contributed by atoms with van der Waals surface area (Å²) in [7, 11) is 0. The zero-order valence-electron chi connectivity index (χ0n) is 7.45. The molecule has 2 heteroatoms. The molecular weight excluding hydrogens is 148 g/mol. The van der Waals surface area contributed by atoms with Gasteiger partial charge in [0, 0.05) is 25.7 Å². The first-order chi connectivity index (χ1) is 5.97. The summed E-state index contributed by atoms with van der Waals surface area (Å²) in [6, 6.07) is 0. The Morgan fingerprint density at radius 3 is 2.67 bits per heavy atom. The molecule has 1 fully saturated rings. The van der Waals surface area contributed by atoms with E-state index >= 15 is 0 Å². The monoisotopic (exact) mass is 164 g/mol. The minimum absolute atomic E-state index is 0.454. The van der Waals surface area contributed by atoms with Gasteiger partial charge in [-0.1, -0.05) is 12.5 Å². The van der Waals surface area contributed by atoms with Crippen LogP contribution < -0.4 is 0 Å². The van der Waals surface area contributed by atoms with Crippen LogP contribution in [0.1, 0.15) is 25.7 Å². The molecule has 0 aromatic carbocycles. The minimum atomic E-state index is 0.454. The number of rotatable bonds is 1. The minimum Gasteiger partial charge on any atom is -0.282 e. The molecule has 2 rings (SSSR count). The average molecular weight is 164 g/mol. The van der Waals surface area contributed by atoms with Gasteiger partial charge in [0.2, 0.25) is 0 Å². The summed E-state index contributed by atoms with van der Waals surface area (Å²) in [6.07, 6.45) is 11.9. The van der Waals surface area contributed by atoms with Gasteiger partial charge < -0.3 is 0 Å². The molecule has 0 aliphatic carbocycles. The number of hydrogen-bond donors (Lipinski definition) is 0. The number of hydrogen-bond acceptors (Lipinski definition) is 2. The van der Waals surface area contributed by atoms with E-state index in [0.717, 1.165) is 6.42 Å². The highest BCUT2D eigenvalue weighted by molar-refractivity contribution is 5.72. The molecule has 0 aromatic heterocycles. The highest BCUT2D eigenvalue weighted by Crippen LogP contribution is 2.16. The van der Waals surface area contributed by atoms with E-state index in [0.29, 0.717) is 6.17 Å². The Hall–Kier alpha value is -0.630. The maximum absolute atomic E-state index is 4.47. The van der Waals surface area contributed by atoms with Crippen molar-refractivity contribution in [1.29, 1.82) is 0 Å². The highest BCUT2D eigenvalue weighted by atomic mass is 15.2. The summed E-state index contributed by atoms with van der Waals surface area (Å²) in [4.78, 5) is 6.97. The number of dihydropyridines is 1. The van der Waals surface area contributed by atoms with Gasteiger partial charge in [0.15, 0.2) is 0 Å². The van der Waals surface area contributed by atoms with Crippen LogP contribution in [0.2, 0.25) is 0 Å². The van der Waals surface area contributed by atoms with Gasteiger partial charge in [0.25, 0.3) is 0 Å². The Balaban J connectivity index is 1.90. The second kappa shape index (κ2) is 3.85. The summed E-state index contributed by atoms with van der Waals surface area (Å²) in [6.45, 7) is 2.49. The largest absolute Gasteiger partial charge is 0.282 e. The van der Waals surface area contributed by atoms with Crippen LogP contribution in [0, 0.1) is 0 Å². The molecule has 1 atom stereocenters. The summed E-state index contributed by atoms with van der Waals surface area (Å²) in [5.74, 6) is 0. The molecule has 0 N–H and O–H groups in total. The van der Waals surface area contributed by atoms with Gasteiger partial charge in [-0.2, -0.15) is 0 Å². The molecule has 0 radical (unpaired) electrons. The molecule has 1 unspecified atom stereocenters. The van der Waals surface area contributed by atoms with Crippen molar-refractivity contribution in [3.63, 3.8) is 0 Å². The lowest BCUT2D eigenvalue weighted by Gasteiger charge is -2.32. The van der Waals surface area contributed by atoms with Gasteiger partial charge in [0.05, 0.1) is 0 Å². The predicted molar refractivity (Wildman–Crippen MR) is 51.5 cm³/mol. The van der Waals surface area contributed by atoms with Crippen LogP contribution in [0.3, 0.4) is 0 Å². The second-order valence-electron chi connectivity index (χ2n) is 3.54. The molecule has 2 nitrogen and oxygen atoms in total. The van der Waals surface area contributed by atoms with Crippen molar-refractivity contribution in [2.45, 2.75) is 31.8 Å². The molecule has 0 amide bonds. The first kappa shape index (κ1) is 7.99. The van der Waals surface area contributed by atoms with Crippen LogP contribution in [-0.4, -0.2) is 30.4 Å². The summed E-state index contributed by atoms with van der Waals surface area (Å²) in [5, 5.41) is 0. The SMILES string of the molecule is C1=CCC(N2CCCCC2)N=C1. The first-order valence-corrected chi connectivity index (χ1v) is 4.89. The van der Waals surface area contributed by atoms with Crippen molar-refractivity contribution in [1.82, 2.24) is 4.90 Å². The third-order valence-corrected chi connectivity index (χ3v) is 2.64. The molecule has 0 bridgehead atoms. The van der Waals surface area contributed by atoms with Crippen LogP contribution in [-0.2, 0) is 0 Å². The maximum atomic E-state index is 4.47. The Morgan fingerprint density at radius 1 is 1.17 bits per heavy atom. The molecule has 0 aromatic rings. The third kappa shape index (κ3) is 1.75. The van der Waals surface area contributed by atoms with Crippen LogP contribution in [0.4, 0.5) is 0 Å². The lowest BCUT2D eigenvalue weighted by atomic mass is 10.1. The van der Waals surface area contributed by atoms with Crippen molar-refractivity contribution in [2.24, 2.45) is 4.99 Å². The zero-order valence-corrected chi connectivity index (χ0v) is 7.45. The number of aliphatic imine (C=N–C) groups is 1. The smallest absolute Gasteiger partial charge is 0.105 e. The Labute approximate surface area is 74.0 Å². The van der Waals surface area contributed by atoms with Crippen molar-refractivity contribution >= 4 is 6.21 Å². The fourth-order valence-corrected chi connectivity index (χ4v) is 1.93. The first-order valence-electron chi connectivity index (χ1n) is 4.89. The summed E-state index contributed by atoms with van der Waals surface area (Å²) >= 11 is 0. The van der Waals surface area contributed by atoms with Gasteiger partial charge in [-0.3, -0.25) is 9.89 Å². The van der Waals surface area contributed by atoms with E-state index in [-0.39, 0.29) is 0 Å². The number of allylic oxidation sites excluding steroid dienone is 1. The zero-order chi connectivity index (χ0) is 8.23. The van der Waals surface area contributed by atoms with E-state index < -0.39 is 0 Å². The van der Waals surface area contributed by atoms with Crippen LogP contribution >= 0.6 is 0 Å². The van der Waals surface area contributed by atoms with Crippen LogP contribution in [0.25, 0.3) is 0 Å². The van der Waals surface area contributed by atoms with Gasteiger partial charge >= 0.3 is 0 Å². The summed E-state index contributed by atoms with van der Waals surface area (Å²) < 4.78 is 0. The van der Waals surface area contributed by atoms with E-state index in [1.54, 1.807) is 0 Å². The predicted octanol–water partition coefficient (Wildman–Crippen LogP) is 1.83. The molecule has 2 heterocycles. The highest BCUT2D eigenvalue weighted by Gasteiger charge is 2.18. The van der Waals surface area contributed by atoms with E-state index in [1.165, 1.54) is 32.4 Å². The Kier molecular flexibility index (Phi) is 2.57. The van der Waals surface area contributed by atoms with E-state index in [1.807, 2.05) is 12.3 Å². The second-order valence-corrected chi connectivity index (χ2v) is 3.54. The molecule has 2 aliphatic rings. The number of likely N-dealkylation sites (tertiary alicyclic amines) is 1. The molecule has 0 spiro atoms. The van der Waals surface area contributed by atoms with E-state index in [9.17, 15) is 0 Å². The van der Waals surface area contributed by atoms with Crippen molar-refractivity contribution < 1.29 is 0 Å². The average Bonchev–Trinajstić information content (AvgIpc) is 2.21. The van der Waals surface area contributed by atoms with Gasteiger partial charge in [0.1, 0.15) is 6.17 Å². The third-order valence-electron chi connectivity index (χ3n) is 2.64. The van der Waals surface area contributed by atoms with Crippen molar-refractivity contribution in [3.05, 3.63) is 12.2 Å². The molecule has 1 saturated heterocycles. The lowest BCUT2D eigenvalue weighted by molar-refractivity contribution is 0.168. The van der Waals surface area contributed by atoms with Crippen molar-refractivity contribution in [3.8, 4) is 0 Å². The molecule has 2 aliphatic heterocycles. The van der Waals surface area contributed by atoms with E-state index in [4.69, 9.17) is 0 Å². The van der Waals surface area contributed by atoms with Gasteiger partial charge in [-0.15, -0.1) is 0 Å². The Morgan fingerprint density at radius 2 is 2.00 bits per heavy atom. The summed E-state index contributed by atoms with van der Waals surface area (Å²) in [5.41, 5.74) is 0. The fraction of sp³-hybridized carbons (Fsp3) is 0.700.